The van der Waals surface area contributed by atoms with E-state index in [1.165, 1.54) is 6.07 Å². The van der Waals surface area contributed by atoms with Gasteiger partial charge in [0.2, 0.25) is 10.0 Å². The number of sulfonamides is 1. The maximum absolute atomic E-state index is 12.3. The van der Waals surface area contributed by atoms with Gasteiger partial charge in [-0.3, -0.25) is 5.10 Å². The fraction of sp³-hybridized carbons (Fsp3) is 0.250. The minimum atomic E-state index is -3.58. The second kappa shape index (κ2) is 5.02. The first-order chi connectivity index (χ1) is 8.90. The number of nitrogens with two attached hydrogens (primary N) is 1. The van der Waals surface area contributed by atoms with Crippen LogP contribution in [0.4, 0.5) is 5.69 Å². The van der Waals surface area contributed by atoms with Crippen molar-refractivity contribution < 1.29 is 8.42 Å². The molecule has 0 unspecified atom stereocenters. The van der Waals surface area contributed by atoms with E-state index < -0.39 is 10.0 Å². The molecular weight excluding hydrogens is 264 g/mol. The molecular formula is C12H16N4O2S. The van der Waals surface area contributed by atoms with Crippen molar-refractivity contribution in [2.45, 2.75) is 25.3 Å². The number of nitrogens with zero attached hydrogens (tertiary/aromatic N) is 1. The summed E-state index contributed by atoms with van der Waals surface area (Å²) in [7, 11) is -3.58. The lowest BCUT2D eigenvalue weighted by molar-refractivity contribution is 0.580. The quantitative estimate of drug-likeness (QED) is 0.730. The van der Waals surface area contributed by atoms with E-state index in [-0.39, 0.29) is 11.4 Å². The molecule has 0 saturated heterocycles. The van der Waals surface area contributed by atoms with Gasteiger partial charge < -0.3 is 5.73 Å². The van der Waals surface area contributed by atoms with Gasteiger partial charge in [0.15, 0.2) is 0 Å². The second-order valence-corrected chi connectivity index (χ2v) is 6.13. The molecule has 1 heterocycles. The van der Waals surface area contributed by atoms with E-state index >= 15 is 0 Å². The van der Waals surface area contributed by atoms with Gasteiger partial charge in [-0.15, -0.1) is 0 Å². The van der Waals surface area contributed by atoms with Crippen LogP contribution in [0.25, 0.3) is 0 Å². The SMILES string of the molecule is Cc1cc(N)cc(S(=O)(=O)NCc2cn[nH]c2)c1C. The predicted molar refractivity (Wildman–Crippen MR) is 72.9 cm³/mol. The molecule has 0 atom stereocenters. The molecule has 0 spiro atoms. The highest BCUT2D eigenvalue weighted by Gasteiger charge is 2.18. The van der Waals surface area contributed by atoms with Crippen LogP contribution in [0.2, 0.25) is 0 Å². The highest BCUT2D eigenvalue weighted by molar-refractivity contribution is 7.89. The fourth-order valence-electron chi connectivity index (χ4n) is 1.76. The average Bonchev–Trinajstić information content (AvgIpc) is 2.84. The van der Waals surface area contributed by atoms with Gasteiger partial charge in [-0.2, -0.15) is 5.10 Å². The number of aryl methyl sites for hydroxylation is 1. The molecule has 102 valence electrons. The Morgan fingerprint density at radius 1 is 1.37 bits per heavy atom. The number of aromatic amines is 1. The van der Waals surface area contributed by atoms with E-state index in [1.807, 2.05) is 6.92 Å². The summed E-state index contributed by atoms with van der Waals surface area (Å²) < 4.78 is 27.0. The molecule has 0 radical (unpaired) electrons. The Kier molecular flexibility index (Phi) is 3.59. The first kappa shape index (κ1) is 13.6. The lowest BCUT2D eigenvalue weighted by atomic mass is 10.1. The van der Waals surface area contributed by atoms with Gasteiger partial charge >= 0.3 is 0 Å². The van der Waals surface area contributed by atoms with Gasteiger partial charge in [-0.05, 0) is 37.1 Å². The second-order valence-electron chi connectivity index (χ2n) is 4.39. The number of anilines is 1. The zero-order valence-corrected chi connectivity index (χ0v) is 11.6. The Hall–Kier alpha value is -1.86. The summed E-state index contributed by atoms with van der Waals surface area (Å²) in [5, 5.41) is 6.39. The molecule has 7 heteroatoms. The largest absolute Gasteiger partial charge is 0.399 e. The first-order valence-corrected chi connectivity index (χ1v) is 7.22. The van der Waals surface area contributed by atoms with E-state index in [1.54, 1.807) is 25.4 Å². The lowest BCUT2D eigenvalue weighted by Gasteiger charge is -2.11. The topological polar surface area (TPSA) is 101 Å². The van der Waals surface area contributed by atoms with Crippen LogP contribution in [-0.4, -0.2) is 18.6 Å². The van der Waals surface area contributed by atoms with Gasteiger partial charge in [0.05, 0.1) is 11.1 Å². The van der Waals surface area contributed by atoms with Crippen LogP contribution in [0.1, 0.15) is 16.7 Å². The van der Waals surface area contributed by atoms with Crippen LogP contribution >= 0.6 is 0 Å². The van der Waals surface area contributed by atoms with E-state index in [9.17, 15) is 8.42 Å². The fourth-order valence-corrected chi connectivity index (χ4v) is 3.13. The number of nitrogen functional groups attached to an aromatic ring is 1. The third-order valence-corrected chi connectivity index (χ3v) is 4.48. The molecule has 1 aromatic carbocycles. The molecule has 0 aliphatic rings. The van der Waals surface area contributed by atoms with Gasteiger partial charge in [0.25, 0.3) is 0 Å². The summed E-state index contributed by atoms with van der Waals surface area (Å²) in [6, 6.07) is 3.23. The Bertz CT molecular complexity index is 678. The van der Waals surface area contributed by atoms with Gasteiger partial charge in [0, 0.05) is 24.0 Å². The predicted octanol–water partition coefficient (Wildman–Crippen LogP) is 1.09. The highest BCUT2D eigenvalue weighted by Crippen LogP contribution is 2.22. The number of H-pyrrole nitrogens is 1. The Morgan fingerprint density at radius 3 is 2.74 bits per heavy atom. The molecule has 0 aliphatic carbocycles. The number of rotatable bonds is 4. The maximum atomic E-state index is 12.3. The third kappa shape index (κ3) is 2.94. The molecule has 4 N–H and O–H groups in total. The van der Waals surface area contributed by atoms with Crippen molar-refractivity contribution in [2.24, 2.45) is 0 Å². The molecule has 0 bridgehead atoms. The van der Waals surface area contributed by atoms with Gasteiger partial charge in [0.1, 0.15) is 0 Å². The molecule has 2 aromatic rings. The van der Waals surface area contributed by atoms with E-state index in [4.69, 9.17) is 5.73 Å². The number of hydrogen-bond donors (Lipinski definition) is 3. The normalized spacial score (nSPS) is 11.7. The summed E-state index contributed by atoms with van der Waals surface area (Å²) in [6.07, 6.45) is 3.21. The third-order valence-electron chi connectivity index (χ3n) is 2.95. The molecule has 6 nitrogen and oxygen atoms in total. The molecule has 0 fully saturated rings. The van der Waals surface area contributed by atoms with Gasteiger partial charge in [-0.1, -0.05) is 0 Å². The van der Waals surface area contributed by atoms with Crippen molar-refractivity contribution in [3.05, 3.63) is 41.2 Å². The molecule has 0 amide bonds. The maximum Gasteiger partial charge on any atom is 0.241 e. The molecule has 1 aromatic heterocycles. The van der Waals surface area contributed by atoms with Crippen LogP contribution in [-0.2, 0) is 16.6 Å². The van der Waals surface area contributed by atoms with E-state index in [2.05, 4.69) is 14.9 Å². The monoisotopic (exact) mass is 280 g/mol. The molecule has 2 rings (SSSR count). The van der Waals surface area contributed by atoms with Crippen LogP contribution < -0.4 is 10.5 Å². The Labute approximate surface area is 112 Å². The van der Waals surface area contributed by atoms with E-state index in [0.717, 1.165) is 11.1 Å². The summed E-state index contributed by atoms with van der Waals surface area (Å²) >= 11 is 0. The van der Waals surface area contributed by atoms with Crippen molar-refractivity contribution in [1.29, 1.82) is 0 Å². The number of nitrogens with one attached hydrogen (secondary N) is 2. The Balaban J connectivity index is 2.29. The molecule has 19 heavy (non-hydrogen) atoms. The van der Waals surface area contributed by atoms with Crippen LogP contribution in [0.3, 0.4) is 0 Å². The molecule has 0 aliphatic heterocycles. The summed E-state index contributed by atoms with van der Waals surface area (Å²) in [6.45, 7) is 3.79. The van der Waals surface area contributed by atoms with Crippen molar-refractivity contribution in [3.8, 4) is 0 Å². The van der Waals surface area contributed by atoms with E-state index in [0.29, 0.717) is 11.3 Å². The zero-order valence-electron chi connectivity index (χ0n) is 10.8. The molecule has 0 saturated carbocycles. The first-order valence-electron chi connectivity index (χ1n) is 5.74. The van der Waals surface area contributed by atoms with Gasteiger partial charge in [-0.25, -0.2) is 13.1 Å². The summed E-state index contributed by atoms with van der Waals surface area (Å²) in [5.74, 6) is 0. The standard InChI is InChI=1S/C12H16N4O2S/c1-8-3-11(13)4-12(9(8)2)19(17,18)16-7-10-5-14-15-6-10/h3-6,16H,7,13H2,1-2H3,(H,14,15). The smallest absolute Gasteiger partial charge is 0.241 e. The van der Waals surface area contributed by atoms with Crippen molar-refractivity contribution >= 4 is 15.7 Å². The number of benzene rings is 1. The number of aromatic nitrogens is 2. The lowest BCUT2D eigenvalue weighted by Crippen LogP contribution is -2.24. The summed E-state index contributed by atoms with van der Waals surface area (Å²) in [4.78, 5) is 0.216. The van der Waals surface area contributed by atoms with Crippen molar-refractivity contribution in [2.75, 3.05) is 5.73 Å². The van der Waals surface area contributed by atoms with Crippen molar-refractivity contribution in [1.82, 2.24) is 14.9 Å². The number of hydrogen-bond acceptors (Lipinski definition) is 4. The Morgan fingerprint density at radius 2 is 2.11 bits per heavy atom. The summed E-state index contributed by atoms with van der Waals surface area (Å²) in [5.41, 5.74) is 8.46. The highest BCUT2D eigenvalue weighted by atomic mass is 32.2. The zero-order chi connectivity index (χ0) is 14.0. The van der Waals surface area contributed by atoms with Crippen LogP contribution in [0.5, 0.6) is 0 Å². The average molecular weight is 280 g/mol. The van der Waals surface area contributed by atoms with Crippen molar-refractivity contribution in [3.63, 3.8) is 0 Å². The van der Waals surface area contributed by atoms with Crippen LogP contribution in [0.15, 0.2) is 29.4 Å². The minimum absolute atomic E-state index is 0.187. The minimum Gasteiger partial charge on any atom is -0.399 e. The van der Waals surface area contributed by atoms with Crippen LogP contribution in [0, 0.1) is 13.8 Å².